The molecular formula is C20H17F3N2O2. The lowest BCUT2D eigenvalue weighted by Gasteiger charge is -2.32. The molecule has 0 aliphatic carbocycles. The minimum Gasteiger partial charge on any atom is -0.507 e. The lowest BCUT2D eigenvalue weighted by molar-refractivity contribution is -0.137. The van der Waals surface area contributed by atoms with Gasteiger partial charge in [-0.1, -0.05) is 12.1 Å². The molecule has 3 rings (SSSR count). The summed E-state index contributed by atoms with van der Waals surface area (Å²) in [7, 11) is 0. The van der Waals surface area contributed by atoms with Gasteiger partial charge in [0.15, 0.2) is 0 Å². The van der Waals surface area contributed by atoms with Gasteiger partial charge < -0.3 is 10.0 Å². The van der Waals surface area contributed by atoms with Crippen molar-refractivity contribution >= 4 is 5.91 Å². The Hall–Kier alpha value is -3.01. The van der Waals surface area contributed by atoms with Crippen molar-refractivity contribution in [1.82, 2.24) is 4.90 Å². The zero-order chi connectivity index (χ0) is 19.6. The number of hydrogen-bond acceptors (Lipinski definition) is 3. The maximum Gasteiger partial charge on any atom is 0.416 e. The third-order valence-corrected chi connectivity index (χ3v) is 4.86. The average molecular weight is 374 g/mol. The van der Waals surface area contributed by atoms with Crippen molar-refractivity contribution in [3.05, 3.63) is 64.7 Å². The van der Waals surface area contributed by atoms with E-state index in [1.54, 1.807) is 4.90 Å². The van der Waals surface area contributed by atoms with Crippen LogP contribution >= 0.6 is 0 Å². The van der Waals surface area contributed by atoms with E-state index < -0.39 is 11.7 Å². The monoisotopic (exact) mass is 374 g/mol. The number of nitrogens with zero attached hydrogens (tertiary/aromatic N) is 2. The van der Waals surface area contributed by atoms with Crippen LogP contribution in [-0.4, -0.2) is 29.0 Å². The number of phenolic OH excluding ortho intramolecular Hbond substituents is 1. The second-order valence-electron chi connectivity index (χ2n) is 6.53. The van der Waals surface area contributed by atoms with Gasteiger partial charge in [0.05, 0.1) is 11.1 Å². The Balaban J connectivity index is 1.64. The summed E-state index contributed by atoms with van der Waals surface area (Å²) in [5.74, 6) is -0.366. The van der Waals surface area contributed by atoms with E-state index in [9.17, 15) is 23.1 Å². The molecule has 140 valence electrons. The second-order valence-corrected chi connectivity index (χ2v) is 6.53. The van der Waals surface area contributed by atoms with Crippen LogP contribution in [0.15, 0.2) is 42.5 Å². The van der Waals surface area contributed by atoms with Crippen molar-refractivity contribution in [3.63, 3.8) is 0 Å². The highest BCUT2D eigenvalue weighted by Crippen LogP contribution is 2.33. The molecule has 27 heavy (non-hydrogen) atoms. The van der Waals surface area contributed by atoms with Crippen LogP contribution in [0.3, 0.4) is 0 Å². The smallest absolute Gasteiger partial charge is 0.416 e. The standard InChI is InChI=1S/C20H17F3N2O2/c21-20(22,23)17-5-3-13(4-6-17)14-7-9-25(10-8-14)19(27)15-1-2-16(12-24)18(26)11-15/h1-6,11,14,26H,7-10H2. The van der Waals surface area contributed by atoms with Crippen molar-refractivity contribution in [2.75, 3.05) is 13.1 Å². The molecule has 1 N–H and O–H groups in total. The number of likely N-dealkylation sites (tertiary alicyclic amines) is 1. The molecule has 1 aliphatic heterocycles. The minimum absolute atomic E-state index is 0.103. The molecule has 0 radical (unpaired) electrons. The number of amides is 1. The van der Waals surface area contributed by atoms with Gasteiger partial charge >= 0.3 is 6.18 Å². The maximum atomic E-state index is 12.7. The van der Waals surface area contributed by atoms with Gasteiger partial charge in [0.2, 0.25) is 0 Å². The van der Waals surface area contributed by atoms with Crippen molar-refractivity contribution in [1.29, 1.82) is 5.26 Å². The van der Waals surface area contributed by atoms with E-state index in [1.165, 1.54) is 30.3 Å². The zero-order valence-electron chi connectivity index (χ0n) is 14.3. The summed E-state index contributed by atoms with van der Waals surface area (Å²) in [5, 5.41) is 18.6. The molecule has 1 amide bonds. The number of alkyl halides is 3. The predicted molar refractivity (Wildman–Crippen MR) is 92.1 cm³/mol. The highest BCUT2D eigenvalue weighted by Gasteiger charge is 2.31. The van der Waals surface area contributed by atoms with Gasteiger partial charge in [-0.3, -0.25) is 4.79 Å². The van der Waals surface area contributed by atoms with Gasteiger partial charge in [0.1, 0.15) is 11.8 Å². The van der Waals surface area contributed by atoms with Crippen molar-refractivity contribution in [2.24, 2.45) is 0 Å². The van der Waals surface area contributed by atoms with E-state index in [0.29, 0.717) is 31.5 Å². The van der Waals surface area contributed by atoms with E-state index in [2.05, 4.69) is 0 Å². The summed E-state index contributed by atoms with van der Waals surface area (Å²) in [6, 6.07) is 11.2. The molecule has 2 aromatic rings. The fourth-order valence-corrected chi connectivity index (χ4v) is 3.30. The first-order chi connectivity index (χ1) is 12.8. The Kier molecular flexibility index (Phi) is 5.08. The molecule has 1 heterocycles. The SMILES string of the molecule is N#Cc1ccc(C(=O)N2CCC(c3ccc(C(F)(F)F)cc3)CC2)cc1O. The number of piperidine rings is 1. The fraction of sp³-hybridized carbons (Fsp3) is 0.300. The zero-order valence-corrected chi connectivity index (χ0v) is 14.3. The second kappa shape index (κ2) is 7.31. The highest BCUT2D eigenvalue weighted by molar-refractivity contribution is 5.95. The van der Waals surface area contributed by atoms with E-state index in [1.807, 2.05) is 6.07 Å². The Morgan fingerprint density at radius 1 is 1.11 bits per heavy atom. The first kappa shape index (κ1) is 18.8. The number of nitriles is 1. The molecule has 2 aromatic carbocycles. The van der Waals surface area contributed by atoms with Gasteiger partial charge in [0.25, 0.3) is 5.91 Å². The lowest BCUT2D eigenvalue weighted by atomic mass is 9.88. The summed E-state index contributed by atoms with van der Waals surface area (Å²) < 4.78 is 38.0. The van der Waals surface area contributed by atoms with E-state index in [-0.39, 0.29) is 23.1 Å². The van der Waals surface area contributed by atoms with Crippen LogP contribution in [0.2, 0.25) is 0 Å². The van der Waals surface area contributed by atoms with Crippen LogP contribution in [-0.2, 0) is 6.18 Å². The Morgan fingerprint density at radius 2 is 1.74 bits per heavy atom. The first-order valence-electron chi connectivity index (χ1n) is 8.49. The van der Waals surface area contributed by atoms with Gasteiger partial charge in [0, 0.05) is 18.7 Å². The number of phenols is 1. The Morgan fingerprint density at radius 3 is 2.26 bits per heavy atom. The van der Waals surface area contributed by atoms with Gasteiger partial charge in [-0.15, -0.1) is 0 Å². The minimum atomic E-state index is -4.35. The van der Waals surface area contributed by atoms with Crippen LogP contribution in [0.5, 0.6) is 5.75 Å². The quantitative estimate of drug-likeness (QED) is 0.852. The van der Waals surface area contributed by atoms with Gasteiger partial charge in [-0.2, -0.15) is 18.4 Å². The highest BCUT2D eigenvalue weighted by atomic mass is 19.4. The van der Waals surface area contributed by atoms with Crippen LogP contribution in [0, 0.1) is 11.3 Å². The summed E-state index contributed by atoms with van der Waals surface area (Å²) in [6.45, 7) is 0.955. The normalized spacial score (nSPS) is 15.4. The van der Waals surface area contributed by atoms with Crippen LogP contribution in [0.25, 0.3) is 0 Å². The molecule has 7 heteroatoms. The summed E-state index contributed by atoms with van der Waals surface area (Å²) in [4.78, 5) is 14.2. The molecule has 1 fully saturated rings. The summed E-state index contributed by atoms with van der Waals surface area (Å²) >= 11 is 0. The predicted octanol–water partition coefficient (Wildman–Crippen LogP) is 4.30. The fourth-order valence-electron chi connectivity index (χ4n) is 3.30. The summed E-state index contributed by atoms with van der Waals surface area (Å²) in [6.07, 6.45) is -3.04. The average Bonchev–Trinajstić information content (AvgIpc) is 2.67. The van der Waals surface area contributed by atoms with Crippen LogP contribution in [0.1, 0.15) is 45.8 Å². The topological polar surface area (TPSA) is 64.3 Å². The maximum absolute atomic E-state index is 12.7. The molecule has 0 atom stereocenters. The molecule has 1 aliphatic rings. The lowest BCUT2D eigenvalue weighted by Crippen LogP contribution is -2.37. The van der Waals surface area contributed by atoms with E-state index in [0.717, 1.165) is 17.7 Å². The van der Waals surface area contributed by atoms with Gasteiger partial charge in [-0.25, -0.2) is 0 Å². The number of rotatable bonds is 2. The number of carbonyl (C=O) groups is 1. The molecule has 0 saturated carbocycles. The third-order valence-electron chi connectivity index (χ3n) is 4.86. The van der Waals surface area contributed by atoms with Crippen LogP contribution < -0.4 is 0 Å². The number of carbonyl (C=O) groups excluding carboxylic acids is 1. The van der Waals surface area contributed by atoms with Gasteiger partial charge in [-0.05, 0) is 54.7 Å². The van der Waals surface area contributed by atoms with Crippen molar-refractivity contribution in [2.45, 2.75) is 24.9 Å². The number of aromatic hydroxyl groups is 1. The van der Waals surface area contributed by atoms with E-state index in [4.69, 9.17) is 5.26 Å². The Labute approximate surface area is 154 Å². The molecule has 0 unspecified atom stereocenters. The number of benzene rings is 2. The first-order valence-corrected chi connectivity index (χ1v) is 8.49. The van der Waals surface area contributed by atoms with Crippen molar-refractivity contribution < 1.29 is 23.1 Å². The number of halogens is 3. The molecule has 4 nitrogen and oxygen atoms in total. The largest absolute Gasteiger partial charge is 0.507 e. The molecule has 1 saturated heterocycles. The summed E-state index contributed by atoms with van der Waals surface area (Å²) in [5.41, 5.74) is 0.581. The molecule has 0 spiro atoms. The van der Waals surface area contributed by atoms with Crippen LogP contribution in [0.4, 0.5) is 13.2 Å². The Bertz CT molecular complexity index is 878. The number of hydrogen-bond donors (Lipinski definition) is 1. The third kappa shape index (κ3) is 4.05. The van der Waals surface area contributed by atoms with Crippen molar-refractivity contribution in [3.8, 4) is 11.8 Å². The van der Waals surface area contributed by atoms with E-state index >= 15 is 0 Å². The molecular weight excluding hydrogens is 357 g/mol. The molecule has 0 aromatic heterocycles. The molecule has 0 bridgehead atoms.